The lowest BCUT2D eigenvalue weighted by atomic mass is 9.98. The van der Waals surface area contributed by atoms with Gasteiger partial charge >= 0.3 is 12.1 Å². The maximum atomic E-state index is 13.3. The van der Waals surface area contributed by atoms with E-state index in [0.29, 0.717) is 6.42 Å². The van der Waals surface area contributed by atoms with Gasteiger partial charge in [-0.25, -0.2) is 14.0 Å². The van der Waals surface area contributed by atoms with Crippen LogP contribution in [0, 0.1) is 17.7 Å². The molecule has 0 aromatic heterocycles. The number of nitrogens with one attached hydrogen (secondary N) is 2. The van der Waals surface area contributed by atoms with Gasteiger partial charge in [0.2, 0.25) is 5.91 Å². The zero-order valence-electron chi connectivity index (χ0n) is 18.7. The molecule has 0 spiro atoms. The molecule has 2 atom stereocenters. The van der Waals surface area contributed by atoms with Gasteiger partial charge in [-0.05, 0) is 52.8 Å². The standard InChI is InChI=1S/C27H23FN2O5/c28-16-9-10-24(22(12-16)26(32)33)30-25(31)21-11-15(21)13-29-27(34)35-14-23-19-7-3-1-5-17(19)18-6-2-4-8-20(18)23/h1-10,12,15,21,23H,11,13-14H2,(H,29,34)(H,30,31)(H,32,33)/t15-,21-/m0/s1. The van der Waals surface area contributed by atoms with E-state index in [1.807, 2.05) is 36.4 Å². The number of fused-ring (bicyclic) bond motifs is 3. The summed E-state index contributed by atoms with van der Waals surface area (Å²) in [6.07, 6.45) is 0.00337. The predicted molar refractivity (Wildman–Crippen MR) is 127 cm³/mol. The number of halogens is 1. The minimum absolute atomic E-state index is 0.0354. The van der Waals surface area contributed by atoms with Gasteiger partial charge in [-0.1, -0.05) is 48.5 Å². The highest BCUT2D eigenvalue weighted by Crippen LogP contribution is 2.44. The van der Waals surface area contributed by atoms with Crippen LogP contribution in [-0.2, 0) is 9.53 Å². The molecule has 0 heterocycles. The lowest BCUT2D eigenvalue weighted by molar-refractivity contribution is -0.117. The number of carbonyl (C=O) groups is 3. The first-order valence-electron chi connectivity index (χ1n) is 11.3. The smallest absolute Gasteiger partial charge is 0.407 e. The van der Waals surface area contributed by atoms with Crippen LogP contribution in [0.3, 0.4) is 0 Å². The molecule has 2 amide bonds. The molecule has 0 radical (unpaired) electrons. The number of carboxylic acids is 1. The monoisotopic (exact) mass is 474 g/mol. The molecule has 35 heavy (non-hydrogen) atoms. The lowest BCUT2D eigenvalue weighted by Crippen LogP contribution is -2.29. The number of amides is 2. The molecule has 5 rings (SSSR count). The van der Waals surface area contributed by atoms with E-state index in [0.717, 1.165) is 34.4 Å². The van der Waals surface area contributed by atoms with Crippen molar-refractivity contribution in [2.45, 2.75) is 12.3 Å². The number of hydrogen-bond donors (Lipinski definition) is 3. The minimum Gasteiger partial charge on any atom is -0.478 e. The van der Waals surface area contributed by atoms with E-state index < -0.39 is 17.9 Å². The molecule has 2 aliphatic rings. The summed E-state index contributed by atoms with van der Waals surface area (Å²) in [5.74, 6) is -2.87. The number of carbonyl (C=O) groups excluding carboxylic acids is 2. The minimum atomic E-state index is -1.33. The van der Waals surface area contributed by atoms with Crippen molar-refractivity contribution < 1.29 is 28.6 Å². The summed E-state index contributed by atoms with van der Waals surface area (Å²) in [4.78, 5) is 36.1. The number of benzene rings is 3. The predicted octanol–water partition coefficient (Wildman–Crippen LogP) is 4.64. The van der Waals surface area contributed by atoms with Gasteiger partial charge in [-0.15, -0.1) is 0 Å². The van der Waals surface area contributed by atoms with Crippen LogP contribution < -0.4 is 10.6 Å². The van der Waals surface area contributed by atoms with E-state index in [1.54, 1.807) is 0 Å². The van der Waals surface area contributed by atoms with Crippen molar-refractivity contribution in [1.82, 2.24) is 5.32 Å². The van der Waals surface area contributed by atoms with Crippen molar-refractivity contribution in [1.29, 1.82) is 0 Å². The molecular weight excluding hydrogens is 451 g/mol. The molecule has 0 saturated heterocycles. The average molecular weight is 474 g/mol. The van der Waals surface area contributed by atoms with Crippen LogP contribution in [0.5, 0.6) is 0 Å². The van der Waals surface area contributed by atoms with Crippen molar-refractivity contribution in [2.75, 3.05) is 18.5 Å². The average Bonchev–Trinajstić information content (AvgIpc) is 3.57. The summed E-state index contributed by atoms with van der Waals surface area (Å²) < 4.78 is 18.8. The number of hydrogen-bond acceptors (Lipinski definition) is 4. The Morgan fingerprint density at radius 2 is 1.63 bits per heavy atom. The Hall–Kier alpha value is -4.20. The largest absolute Gasteiger partial charge is 0.478 e. The summed E-state index contributed by atoms with van der Waals surface area (Å²) >= 11 is 0. The van der Waals surface area contributed by atoms with Crippen LogP contribution in [0.4, 0.5) is 14.9 Å². The van der Waals surface area contributed by atoms with Crippen molar-refractivity contribution >= 4 is 23.7 Å². The fourth-order valence-electron chi connectivity index (χ4n) is 4.69. The zero-order valence-corrected chi connectivity index (χ0v) is 18.7. The molecule has 0 unspecified atom stereocenters. The Morgan fingerprint density at radius 3 is 2.29 bits per heavy atom. The van der Waals surface area contributed by atoms with Crippen LogP contribution in [0.1, 0.15) is 33.8 Å². The third-order valence-corrected chi connectivity index (χ3v) is 6.58. The van der Waals surface area contributed by atoms with Gasteiger partial charge in [0.05, 0.1) is 11.3 Å². The molecule has 3 aromatic carbocycles. The topological polar surface area (TPSA) is 105 Å². The van der Waals surface area contributed by atoms with Crippen molar-refractivity contribution in [3.05, 3.63) is 89.2 Å². The fourth-order valence-corrected chi connectivity index (χ4v) is 4.69. The molecule has 1 fully saturated rings. The Balaban J connectivity index is 1.12. The molecule has 7 nitrogen and oxygen atoms in total. The van der Waals surface area contributed by atoms with E-state index in [9.17, 15) is 23.9 Å². The van der Waals surface area contributed by atoms with Crippen LogP contribution >= 0.6 is 0 Å². The molecular formula is C27H23FN2O5. The highest BCUT2D eigenvalue weighted by atomic mass is 19.1. The molecule has 178 valence electrons. The third kappa shape index (κ3) is 4.59. The van der Waals surface area contributed by atoms with Gasteiger partial charge in [0.25, 0.3) is 0 Å². The second-order valence-electron chi connectivity index (χ2n) is 8.79. The fraction of sp³-hybridized carbons (Fsp3) is 0.222. The molecule has 3 N–H and O–H groups in total. The number of ether oxygens (including phenoxy) is 1. The highest BCUT2D eigenvalue weighted by Gasteiger charge is 2.43. The second-order valence-corrected chi connectivity index (χ2v) is 8.79. The number of anilines is 1. The summed E-state index contributed by atoms with van der Waals surface area (Å²) in [6, 6.07) is 19.3. The third-order valence-electron chi connectivity index (χ3n) is 6.58. The summed E-state index contributed by atoms with van der Waals surface area (Å²) in [5.41, 5.74) is 4.28. The normalized spacial score (nSPS) is 17.7. The van der Waals surface area contributed by atoms with E-state index in [1.165, 1.54) is 6.07 Å². The van der Waals surface area contributed by atoms with E-state index in [4.69, 9.17) is 4.74 Å². The maximum absolute atomic E-state index is 13.3. The van der Waals surface area contributed by atoms with Crippen LogP contribution in [-0.4, -0.2) is 36.2 Å². The molecule has 0 aliphatic heterocycles. The van der Waals surface area contributed by atoms with Gasteiger partial charge in [-0.3, -0.25) is 4.79 Å². The number of rotatable bonds is 7. The van der Waals surface area contributed by atoms with Crippen molar-refractivity contribution in [3.8, 4) is 11.1 Å². The molecule has 2 aliphatic carbocycles. The van der Waals surface area contributed by atoms with Crippen LogP contribution in [0.25, 0.3) is 11.1 Å². The van der Waals surface area contributed by atoms with Crippen molar-refractivity contribution in [2.24, 2.45) is 11.8 Å². The van der Waals surface area contributed by atoms with E-state index in [-0.39, 0.29) is 48.1 Å². The van der Waals surface area contributed by atoms with Gasteiger partial charge in [0.1, 0.15) is 12.4 Å². The zero-order chi connectivity index (χ0) is 24.5. The summed E-state index contributed by atoms with van der Waals surface area (Å²) in [6.45, 7) is 0.473. The Kier molecular flexibility index (Phi) is 5.94. The Bertz CT molecular complexity index is 1280. The first-order chi connectivity index (χ1) is 16.9. The summed E-state index contributed by atoms with van der Waals surface area (Å²) in [5, 5.41) is 14.5. The number of carboxylic acid groups (broad SMARTS) is 1. The van der Waals surface area contributed by atoms with Crippen LogP contribution in [0.2, 0.25) is 0 Å². The first kappa shape index (κ1) is 22.6. The Labute approximate surface area is 200 Å². The number of alkyl carbamates (subject to hydrolysis) is 1. The van der Waals surface area contributed by atoms with Gasteiger partial charge in [0, 0.05) is 18.4 Å². The molecule has 8 heteroatoms. The SMILES string of the molecule is O=C(NC[C@@H]1C[C@@H]1C(=O)Nc1ccc(F)cc1C(=O)O)OCC1c2ccccc2-c2ccccc21. The van der Waals surface area contributed by atoms with Crippen LogP contribution in [0.15, 0.2) is 66.7 Å². The molecule has 0 bridgehead atoms. The van der Waals surface area contributed by atoms with E-state index in [2.05, 4.69) is 22.8 Å². The second kappa shape index (κ2) is 9.21. The van der Waals surface area contributed by atoms with Crippen molar-refractivity contribution in [3.63, 3.8) is 0 Å². The van der Waals surface area contributed by atoms with Gasteiger partial charge in [-0.2, -0.15) is 0 Å². The number of aromatic carboxylic acids is 1. The highest BCUT2D eigenvalue weighted by molar-refractivity contribution is 6.02. The molecule has 1 saturated carbocycles. The quantitative estimate of drug-likeness (QED) is 0.463. The Morgan fingerprint density at radius 1 is 0.971 bits per heavy atom. The van der Waals surface area contributed by atoms with Gasteiger partial charge in [0.15, 0.2) is 0 Å². The summed E-state index contributed by atoms with van der Waals surface area (Å²) in [7, 11) is 0. The van der Waals surface area contributed by atoms with Gasteiger partial charge < -0.3 is 20.5 Å². The molecule has 3 aromatic rings. The first-order valence-corrected chi connectivity index (χ1v) is 11.3. The lowest BCUT2D eigenvalue weighted by Gasteiger charge is -2.14. The maximum Gasteiger partial charge on any atom is 0.407 e. The van der Waals surface area contributed by atoms with E-state index >= 15 is 0 Å².